The Morgan fingerprint density at radius 3 is 2.46 bits per heavy atom. The number of ether oxygens (including phenoxy) is 1. The van der Waals surface area contributed by atoms with E-state index in [1.54, 1.807) is 37.4 Å². The number of amides is 2. The van der Waals surface area contributed by atoms with Crippen molar-refractivity contribution < 1.29 is 14.3 Å². The molecule has 0 radical (unpaired) electrons. The molecule has 0 aliphatic carbocycles. The fourth-order valence-electron chi connectivity index (χ4n) is 2.25. The molecule has 0 fully saturated rings. The number of fused-ring (bicyclic) bond motifs is 1. The van der Waals surface area contributed by atoms with E-state index in [0.29, 0.717) is 22.1 Å². The summed E-state index contributed by atoms with van der Waals surface area (Å²) in [4.78, 5) is 28.6. The number of carbonyl (C=O) groups excluding carboxylic acids is 2. The van der Waals surface area contributed by atoms with E-state index in [1.807, 2.05) is 26.0 Å². The summed E-state index contributed by atoms with van der Waals surface area (Å²) in [5, 5.41) is 6.20. The average Bonchev–Trinajstić information content (AvgIpc) is 3.03. The summed E-state index contributed by atoms with van der Waals surface area (Å²) in [6, 6.07) is 12.4. The van der Waals surface area contributed by atoms with Gasteiger partial charge in [-0.05, 0) is 42.5 Å². The lowest BCUT2D eigenvalue weighted by Crippen LogP contribution is -2.17. The van der Waals surface area contributed by atoms with Crippen LogP contribution in [0.3, 0.4) is 0 Å². The Bertz CT molecular complexity index is 948. The maximum absolute atomic E-state index is 12.3. The summed E-state index contributed by atoms with van der Waals surface area (Å²) >= 11 is 1.40. The minimum Gasteiger partial charge on any atom is -0.497 e. The molecule has 0 unspecified atom stereocenters. The molecule has 2 N–H and O–H groups in total. The highest BCUT2D eigenvalue weighted by molar-refractivity contribution is 7.22. The molecule has 0 aliphatic rings. The molecule has 0 saturated carbocycles. The van der Waals surface area contributed by atoms with Gasteiger partial charge in [0.15, 0.2) is 5.13 Å². The minimum absolute atomic E-state index is 0.0721. The highest BCUT2D eigenvalue weighted by atomic mass is 32.1. The smallest absolute Gasteiger partial charge is 0.255 e. The molecule has 0 bridgehead atoms. The number of anilines is 2. The minimum atomic E-state index is -0.212. The summed E-state index contributed by atoms with van der Waals surface area (Å²) in [6.07, 6.45) is 0. The number of methoxy groups -OCH3 is 1. The van der Waals surface area contributed by atoms with E-state index in [-0.39, 0.29) is 17.7 Å². The van der Waals surface area contributed by atoms with Crippen molar-refractivity contribution >= 4 is 44.2 Å². The third kappa shape index (κ3) is 4.00. The van der Waals surface area contributed by atoms with Crippen LogP contribution in [0.15, 0.2) is 42.5 Å². The van der Waals surface area contributed by atoms with Gasteiger partial charge in [-0.2, -0.15) is 0 Å². The van der Waals surface area contributed by atoms with Crippen LogP contribution in [0, 0.1) is 5.92 Å². The first-order valence-electron chi connectivity index (χ1n) is 8.13. The molecule has 1 aromatic heterocycles. The van der Waals surface area contributed by atoms with Gasteiger partial charge in [0.1, 0.15) is 5.75 Å². The van der Waals surface area contributed by atoms with Gasteiger partial charge in [0, 0.05) is 17.2 Å². The first-order valence-corrected chi connectivity index (χ1v) is 8.95. The van der Waals surface area contributed by atoms with Crippen LogP contribution in [-0.2, 0) is 4.79 Å². The van der Waals surface area contributed by atoms with Crippen molar-refractivity contribution in [2.75, 3.05) is 17.7 Å². The third-order valence-electron chi connectivity index (χ3n) is 3.75. The summed E-state index contributed by atoms with van der Waals surface area (Å²) in [5.74, 6) is 0.301. The zero-order chi connectivity index (χ0) is 18.7. The fraction of sp³-hybridized carbons (Fsp3) is 0.211. The van der Waals surface area contributed by atoms with Crippen LogP contribution < -0.4 is 15.4 Å². The number of hydrogen-bond donors (Lipinski definition) is 2. The molecule has 0 saturated heterocycles. The second-order valence-corrected chi connectivity index (χ2v) is 7.06. The van der Waals surface area contributed by atoms with Crippen molar-refractivity contribution in [3.8, 4) is 5.75 Å². The van der Waals surface area contributed by atoms with Gasteiger partial charge < -0.3 is 15.4 Å². The maximum atomic E-state index is 12.3. The quantitative estimate of drug-likeness (QED) is 0.708. The molecular formula is C19H19N3O3S. The fourth-order valence-corrected chi connectivity index (χ4v) is 3.10. The largest absolute Gasteiger partial charge is 0.497 e. The standard InChI is InChI=1S/C19H19N3O3S/c1-11(2)17(23)22-19-21-15-10-13(6-9-16(15)26-19)20-18(24)12-4-7-14(25-3)8-5-12/h4-11H,1-3H3,(H,20,24)(H,21,22,23). The van der Waals surface area contributed by atoms with Crippen LogP contribution in [0.1, 0.15) is 24.2 Å². The van der Waals surface area contributed by atoms with E-state index in [4.69, 9.17) is 4.74 Å². The number of nitrogens with one attached hydrogen (secondary N) is 2. The van der Waals surface area contributed by atoms with Crippen molar-refractivity contribution in [3.05, 3.63) is 48.0 Å². The number of benzene rings is 2. The molecule has 0 spiro atoms. The predicted molar refractivity (Wildman–Crippen MR) is 104 cm³/mol. The third-order valence-corrected chi connectivity index (χ3v) is 4.70. The van der Waals surface area contributed by atoms with E-state index in [2.05, 4.69) is 15.6 Å². The number of carbonyl (C=O) groups is 2. The molecule has 2 amide bonds. The Balaban J connectivity index is 1.75. The summed E-state index contributed by atoms with van der Waals surface area (Å²) < 4.78 is 6.03. The van der Waals surface area contributed by atoms with Crippen molar-refractivity contribution in [3.63, 3.8) is 0 Å². The van der Waals surface area contributed by atoms with Gasteiger partial charge in [-0.25, -0.2) is 4.98 Å². The van der Waals surface area contributed by atoms with Crippen LogP contribution >= 0.6 is 11.3 Å². The van der Waals surface area contributed by atoms with Crippen molar-refractivity contribution in [1.29, 1.82) is 0 Å². The SMILES string of the molecule is COc1ccc(C(=O)Nc2ccc3sc(NC(=O)C(C)C)nc3c2)cc1. The molecular weight excluding hydrogens is 350 g/mol. The molecule has 7 heteroatoms. The maximum Gasteiger partial charge on any atom is 0.255 e. The molecule has 0 atom stereocenters. The summed E-state index contributed by atoms with van der Waals surface area (Å²) in [5.41, 5.74) is 1.90. The highest BCUT2D eigenvalue weighted by Gasteiger charge is 2.12. The Morgan fingerprint density at radius 2 is 1.81 bits per heavy atom. The normalized spacial score (nSPS) is 10.8. The molecule has 1 heterocycles. The number of hydrogen-bond acceptors (Lipinski definition) is 5. The van der Waals surface area contributed by atoms with Crippen LogP contribution in [0.25, 0.3) is 10.2 Å². The second kappa shape index (κ2) is 7.53. The van der Waals surface area contributed by atoms with Gasteiger partial charge in [-0.15, -0.1) is 0 Å². The van der Waals surface area contributed by atoms with Crippen LogP contribution in [-0.4, -0.2) is 23.9 Å². The van der Waals surface area contributed by atoms with Crippen LogP contribution in [0.5, 0.6) is 5.75 Å². The van der Waals surface area contributed by atoms with Crippen molar-refractivity contribution in [1.82, 2.24) is 4.98 Å². The van der Waals surface area contributed by atoms with Gasteiger partial charge in [0.05, 0.1) is 17.3 Å². The Hall–Kier alpha value is -2.93. The van der Waals surface area contributed by atoms with Crippen LogP contribution in [0.2, 0.25) is 0 Å². The summed E-state index contributed by atoms with van der Waals surface area (Å²) in [7, 11) is 1.58. The number of rotatable bonds is 5. The monoisotopic (exact) mass is 369 g/mol. The molecule has 26 heavy (non-hydrogen) atoms. The first kappa shape index (κ1) is 17.9. The van der Waals surface area contributed by atoms with Gasteiger partial charge in [-0.3, -0.25) is 9.59 Å². The van der Waals surface area contributed by atoms with Gasteiger partial charge >= 0.3 is 0 Å². The number of aromatic nitrogens is 1. The van der Waals surface area contributed by atoms with Crippen LogP contribution in [0.4, 0.5) is 10.8 Å². The molecule has 3 aromatic rings. The second-order valence-electron chi connectivity index (χ2n) is 6.03. The van der Waals surface area contributed by atoms with Gasteiger partial charge in [0.2, 0.25) is 5.91 Å². The molecule has 3 rings (SSSR count). The molecule has 134 valence electrons. The van der Waals surface area contributed by atoms with E-state index in [1.165, 1.54) is 11.3 Å². The summed E-state index contributed by atoms with van der Waals surface area (Å²) in [6.45, 7) is 3.66. The average molecular weight is 369 g/mol. The zero-order valence-corrected chi connectivity index (χ0v) is 15.5. The molecule has 0 aliphatic heterocycles. The number of nitrogens with zero attached hydrogens (tertiary/aromatic N) is 1. The Morgan fingerprint density at radius 1 is 1.08 bits per heavy atom. The van der Waals surface area contributed by atoms with Gasteiger partial charge in [0.25, 0.3) is 5.91 Å². The van der Waals surface area contributed by atoms with E-state index in [0.717, 1.165) is 10.2 Å². The van der Waals surface area contributed by atoms with E-state index >= 15 is 0 Å². The van der Waals surface area contributed by atoms with Gasteiger partial charge in [-0.1, -0.05) is 25.2 Å². The highest BCUT2D eigenvalue weighted by Crippen LogP contribution is 2.28. The topological polar surface area (TPSA) is 80.3 Å². The zero-order valence-electron chi connectivity index (χ0n) is 14.7. The number of thiazole rings is 1. The molecule has 2 aromatic carbocycles. The van der Waals surface area contributed by atoms with E-state index < -0.39 is 0 Å². The lowest BCUT2D eigenvalue weighted by atomic mass is 10.2. The Labute approximate surface area is 155 Å². The van der Waals surface area contributed by atoms with Crippen molar-refractivity contribution in [2.45, 2.75) is 13.8 Å². The predicted octanol–water partition coefficient (Wildman–Crippen LogP) is 4.15. The van der Waals surface area contributed by atoms with Crippen molar-refractivity contribution in [2.24, 2.45) is 5.92 Å². The lowest BCUT2D eigenvalue weighted by molar-refractivity contribution is -0.118. The first-order chi connectivity index (χ1) is 12.5. The van der Waals surface area contributed by atoms with E-state index in [9.17, 15) is 9.59 Å². The lowest BCUT2D eigenvalue weighted by Gasteiger charge is -2.06. The Kier molecular flexibility index (Phi) is 5.18. The molecule has 6 nitrogen and oxygen atoms in total.